The van der Waals surface area contributed by atoms with E-state index in [1.165, 1.54) is 12.0 Å². The minimum atomic E-state index is -0.0921. The van der Waals surface area contributed by atoms with Gasteiger partial charge in [-0.3, -0.25) is 4.79 Å². The number of piperidine rings is 1. The molecule has 3 nitrogen and oxygen atoms in total. The van der Waals surface area contributed by atoms with Crippen LogP contribution < -0.4 is 5.32 Å². The number of likely N-dealkylation sites (N-methyl/N-ethyl adjacent to an activating group) is 1. The van der Waals surface area contributed by atoms with Crippen LogP contribution in [0.2, 0.25) is 0 Å². The number of carbonyl (C=O) groups excluding carboxylic acids is 1. The van der Waals surface area contributed by atoms with E-state index in [1.807, 2.05) is 30.1 Å². The number of likely N-dealkylation sites (tertiary alicyclic amines) is 1. The highest BCUT2D eigenvalue weighted by Crippen LogP contribution is 2.12. The molecule has 1 atom stereocenters. The van der Waals surface area contributed by atoms with Gasteiger partial charge in [-0.25, -0.2) is 0 Å². The van der Waals surface area contributed by atoms with Gasteiger partial charge < -0.3 is 10.2 Å². The SMILES string of the molecule is CN[C@@H](Cc1ccccc1)C(=O)N1CCCCC1. The Morgan fingerprint density at radius 3 is 2.50 bits per heavy atom. The predicted molar refractivity (Wildman–Crippen MR) is 73.4 cm³/mol. The van der Waals surface area contributed by atoms with Gasteiger partial charge >= 0.3 is 0 Å². The molecule has 98 valence electrons. The number of benzene rings is 1. The zero-order chi connectivity index (χ0) is 12.8. The second-order valence-electron chi connectivity index (χ2n) is 4.92. The molecule has 1 aromatic rings. The molecule has 1 aliphatic rings. The molecule has 0 spiro atoms. The van der Waals surface area contributed by atoms with Crippen molar-refractivity contribution < 1.29 is 4.79 Å². The third kappa shape index (κ3) is 3.33. The Balaban J connectivity index is 1.97. The summed E-state index contributed by atoms with van der Waals surface area (Å²) in [7, 11) is 1.87. The zero-order valence-corrected chi connectivity index (χ0v) is 11.1. The Labute approximate surface area is 109 Å². The van der Waals surface area contributed by atoms with Crippen LogP contribution >= 0.6 is 0 Å². The highest BCUT2D eigenvalue weighted by atomic mass is 16.2. The van der Waals surface area contributed by atoms with Gasteiger partial charge in [-0.15, -0.1) is 0 Å². The zero-order valence-electron chi connectivity index (χ0n) is 11.1. The molecule has 0 radical (unpaired) electrons. The van der Waals surface area contributed by atoms with Crippen LogP contribution in [0.1, 0.15) is 24.8 Å². The Kier molecular flexibility index (Phi) is 4.76. The summed E-state index contributed by atoms with van der Waals surface area (Å²) in [5.74, 6) is 0.251. The number of amides is 1. The van der Waals surface area contributed by atoms with Crippen LogP contribution in [0.25, 0.3) is 0 Å². The van der Waals surface area contributed by atoms with Crippen LogP contribution in [-0.2, 0) is 11.2 Å². The summed E-state index contributed by atoms with van der Waals surface area (Å²) < 4.78 is 0. The first-order chi connectivity index (χ1) is 8.81. The summed E-state index contributed by atoms with van der Waals surface area (Å²) in [6, 6.07) is 10.1. The number of hydrogen-bond acceptors (Lipinski definition) is 2. The maximum Gasteiger partial charge on any atom is 0.240 e. The Bertz CT molecular complexity index is 371. The van der Waals surface area contributed by atoms with E-state index in [0.717, 1.165) is 32.4 Å². The van der Waals surface area contributed by atoms with Crippen molar-refractivity contribution in [3.8, 4) is 0 Å². The topological polar surface area (TPSA) is 32.3 Å². The summed E-state index contributed by atoms with van der Waals surface area (Å²) >= 11 is 0. The molecule has 1 saturated heterocycles. The lowest BCUT2D eigenvalue weighted by atomic mass is 10.0. The predicted octanol–water partition coefficient (Wildman–Crippen LogP) is 1.83. The molecule has 0 saturated carbocycles. The fourth-order valence-corrected chi connectivity index (χ4v) is 2.50. The highest BCUT2D eigenvalue weighted by molar-refractivity contribution is 5.82. The van der Waals surface area contributed by atoms with Crippen LogP contribution in [0, 0.1) is 0 Å². The standard InChI is InChI=1S/C15H22N2O/c1-16-14(12-13-8-4-2-5-9-13)15(18)17-10-6-3-7-11-17/h2,4-5,8-9,14,16H,3,6-7,10-12H2,1H3/t14-/m0/s1. The fraction of sp³-hybridized carbons (Fsp3) is 0.533. The number of rotatable bonds is 4. The molecular weight excluding hydrogens is 224 g/mol. The number of nitrogens with one attached hydrogen (secondary N) is 1. The second kappa shape index (κ2) is 6.55. The first-order valence-electron chi connectivity index (χ1n) is 6.81. The maximum atomic E-state index is 12.4. The van der Waals surface area contributed by atoms with Gasteiger partial charge in [0.15, 0.2) is 0 Å². The van der Waals surface area contributed by atoms with Gasteiger partial charge in [-0.1, -0.05) is 30.3 Å². The second-order valence-corrected chi connectivity index (χ2v) is 4.92. The van der Waals surface area contributed by atoms with Crippen LogP contribution in [0.4, 0.5) is 0 Å². The molecule has 1 N–H and O–H groups in total. The molecule has 2 rings (SSSR count). The molecule has 1 aromatic carbocycles. The Hall–Kier alpha value is -1.35. The van der Waals surface area contributed by atoms with E-state index in [0.29, 0.717) is 0 Å². The summed E-state index contributed by atoms with van der Waals surface area (Å²) in [6.07, 6.45) is 4.32. The van der Waals surface area contributed by atoms with Gasteiger partial charge in [0.2, 0.25) is 5.91 Å². The van der Waals surface area contributed by atoms with E-state index in [1.54, 1.807) is 0 Å². The van der Waals surface area contributed by atoms with E-state index in [-0.39, 0.29) is 11.9 Å². The molecule has 0 bridgehead atoms. The van der Waals surface area contributed by atoms with E-state index < -0.39 is 0 Å². The van der Waals surface area contributed by atoms with Crippen molar-refractivity contribution in [1.29, 1.82) is 0 Å². The Morgan fingerprint density at radius 2 is 1.89 bits per heavy atom. The monoisotopic (exact) mass is 246 g/mol. The number of nitrogens with zero attached hydrogens (tertiary/aromatic N) is 1. The van der Waals surface area contributed by atoms with Crippen molar-refractivity contribution in [1.82, 2.24) is 10.2 Å². The van der Waals surface area contributed by atoms with Crippen molar-refractivity contribution in [2.24, 2.45) is 0 Å². The van der Waals surface area contributed by atoms with Crippen molar-refractivity contribution in [2.45, 2.75) is 31.7 Å². The molecule has 1 fully saturated rings. The first kappa shape index (κ1) is 13.1. The molecule has 0 aromatic heterocycles. The van der Waals surface area contributed by atoms with Crippen LogP contribution in [-0.4, -0.2) is 37.0 Å². The molecule has 18 heavy (non-hydrogen) atoms. The number of carbonyl (C=O) groups is 1. The van der Waals surface area contributed by atoms with Crippen LogP contribution in [0.5, 0.6) is 0 Å². The van der Waals surface area contributed by atoms with Crippen LogP contribution in [0.3, 0.4) is 0 Å². The average Bonchev–Trinajstić information content (AvgIpc) is 2.46. The summed E-state index contributed by atoms with van der Waals surface area (Å²) in [6.45, 7) is 1.84. The number of hydrogen-bond donors (Lipinski definition) is 1. The normalized spacial score (nSPS) is 17.5. The van der Waals surface area contributed by atoms with Crippen molar-refractivity contribution >= 4 is 5.91 Å². The van der Waals surface area contributed by atoms with E-state index >= 15 is 0 Å². The van der Waals surface area contributed by atoms with Gasteiger partial charge in [0.25, 0.3) is 0 Å². The van der Waals surface area contributed by atoms with Gasteiger partial charge in [0.1, 0.15) is 0 Å². The average molecular weight is 246 g/mol. The van der Waals surface area contributed by atoms with E-state index in [9.17, 15) is 4.79 Å². The first-order valence-corrected chi connectivity index (χ1v) is 6.81. The van der Waals surface area contributed by atoms with Gasteiger partial charge in [-0.2, -0.15) is 0 Å². The molecule has 1 aliphatic heterocycles. The molecule has 0 unspecified atom stereocenters. The summed E-state index contributed by atoms with van der Waals surface area (Å²) in [5, 5.41) is 3.16. The summed E-state index contributed by atoms with van der Waals surface area (Å²) in [5.41, 5.74) is 1.21. The van der Waals surface area contributed by atoms with Gasteiger partial charge in [0.05, 0.1) is 6.04 Å². The largest absolute Gasteiger partial charge is 0.341 e. The quantitative estimate of drug-likeness (QED) is 0.879. The summed E-state index contributed by atoms with van der Waals surface area (Å²) in [4.78, 5) is 14.4. The third-order valence-electron chi connectivity index (χ3n) is 3.60. The molecule has 1 amide bonds. The smallest absolute Gasteiger partial charge is 0.240 e. The minimum Gasteiger partial charge on any atom is -0.341 e. The lowest BCUT2D eigenvalue weighted by Crippen LogP contribution is -2.48. The fourth-order valence-electron chi connectivity index (χ4n) is 2.50. The lowest BCUT2D eigenvalue weighted by molar-refractivity contribution is -0.134. The third-order valence-corrected chi connectivity index (χ3v) is 3.60. The Morgan fingerprint density at radius 1 is 1.22 bits per heavy atom. The van der Waals surface area contributed by atoms with Crippen LogP contribution in [0.15, 0.2) is 30.3 Å². The molecule has 1 heterocycles. The lowest BCUT2D eigenvalue weighted by Gasteiger charge is -2.30. The maximum absolute atomic E-state index is 12.4. The highest BCUT2D eigenvalue weighted by Gasteiger charge is 2.24. The molecule has 0 aliphatic carbocycles. The van der Waals surface area contributed by atoms with Crippen molar-refractivity contribution in [3.05, 3.63) is 35.9 Å². The molecular formula is C15H22N2O. The van der Waals surface area contributed by atoms with Gasteiger partial charge in [0, 0.05) is 13.1 Å². The van der Waals surface area contributed by atoms with E-state index in [2.05, 4.69) is 17.4 Å². The van der Waals surface area contributed by atoms with Crippen molar-refractivity contribution in [2.75, 3.05) is 20.1 Å². The van der Waals surface area contributed by atoms with E-state index in [4.69, 9.17) is 0 Å². The minimum absolute atomic E-state index is 0.0921. The van der Waals surface area contributed by atoms with Crippen molar-refractivity contribution in [3.63, 3.8) is 0 Å². The molecule has 3 heteroatoms. The van der Waals surface area contributed by atoms with Gasteiger partial charge in [-0.05, 0) is 38.3 Å².